The molecule has 0 aromatic carbocycles. The van der Waals surface area contributed by atoms with E-state index < -0.39 is 0 Å². The Morgan fingerprint density at radius 2 is 1.92 bits per heavy atom. The lowest BCUT2D eigenvalue weighted by molar-refractivity contribution is 0.398. The minimum Gasteiger partial charge on any atom is -0.267 e. The third-order valence-corrected chi connectivity index (χ3v) is 3.04. The van der Waals surface area contributed by atoms with Crippen molar-refractivity contribution in [3.63, 3.8) is 0 Å². The van der Waals surface area contributed by atoms with Crippen LogP contribution in [-0.2, 0) is 0 Å². The Bertz CT molecular complexity index is 257. The van der Waals surface area contributed by atoms with Gasteiger partial charge in [0.2, 0.25) is 0 Å². The molecule has 0 atom stereocenters. The molecule has 1 aliphatic carbocycles. The molecule has 0 spiro atoms. The maximum Gasteiger partial charge on any atom is 0.0522 e. The Balaban J connectivity index is 2.10. The molecule has 1 aromatic rings. The van der Waals surface area contributed by atoms with Crippen LogP contribution in [0.15, 0.2) is 12.3 Å². The van der Waals surface area contributed by atoms with E-state index in [2.05, 4.69) is 22.8 Å². The predicted molar refractivity (Wildman–Crippen MR) is 53.7 cm³/mol. The summed E-state index contributed by atoms with van der Waals surface area (Å²) >= 11 is 0. The second-order valence-electron chi connectivity index (χ2n) is 4.06. The second kappa shape index (κ2) is 3.95. The normalized spacial score (nSPS) is 20.1. The quantitative estimate of drug-likeness (QED) is 0.604. The summed E-state index contributed by atoms with van der Waals surface area (Å²) in [7, 11) is 0. The molecule has 0 amide bonds. The van der Waals surface area contributed by atoms with E-state index in [1.807, 2.05) is 6.20 Å². The van der Waals surface area contributed by atoms with Crippen LogP contribution in [-0.4, -0.2) is 9.78 Å². The van der Waals surface area contributed by atoms with Crippen molar-refractivity contribution in [2.75, 3.05) is 0 Å². The van der Waals surface area contributed by atoms with Crippen LogP contribution in [0, 0.1) is 6.92 Å². The van der Waals surface area contributed by atoms with Gasteiger partial charge in [-0.05, 0) is 25.8 Å². The molecule has 1 fully saturated rings. The third-order valence-electron chi connectivity index (χ3n) is 3.04. The molecule has 0 aliphatic heterocycles. The molecule has 1 saturated carbocycles. The predicted octanol–water partition coefficient (Wildman–Crippen LogP) is 3.09. The van der Waals surface area contributed by atoms with Crippen LogP contribution in [0.25, 0.3) is 0 Å². The van der Waals surface area contributed by atoms with Crippen molar-refractivity contribution < 1.29 is 0 Å². The van der Waals surface area contributed by atoms with Crippen LogP contribution in [0.4, 0.5) is 0 Å². The lowest BCUT2D eigenvalue weighted by Gasteiger charge is -2.16. The van der Waals surface area contributed by atoms with E-state index >= 15 is 0 Å². The van der Waals surface area contributed by atoms with Gasteiger partial charge in [-0.25, -0.2) is 0 Å². The third kappa shape index (κ3) is 1.93. The minimum atomic E-state index is 0.678. The van der Waals surface area contributed by atoms with Crippen LogP contribution in [0.3, 0.4) is 0 Å². The van der Waals surface area contributed by atoms with Crippen LogP contribution in [0.5, 0.6) is 0 Å². The van der Waals surface area contributed by atoms with Gasteiger partial charge in [-0.3, -0.25) is 4.68 Å². The first-order valence-electron chi connectivity index (χ1n) is 5.38. The topological polar surface area (TPSA) is 17.8 Å². The fraction of sp³-hybridized carbons (Fsp3) is 0.727. The molecule has 2 nitrogen and oxygen atoms in total. The lowest BCUT2D eigenvalue weighted by Crippen LogP contribution is -2.11. The largest absolute Gasteiger partial charge is 0.267 e. The molecule has 1 aromatic heterocycles. The van der Waals surface area contributed by atoms with Crippen LogP contribution >= 0.6 is 0 Å². The van der Waals surface area contributed by atoms with Gasteiger partial charge < -0.3 is 0 Å². The summed E-state index contributed by atoms with van der Waals surface area (Å²) in [4.78, 5) is 0. The van der Waals surface area contributed by atoms with Crippen LogP contribution in [0.2, 0.25) is 0 Å². The first kappa shape index (κ1) is 8.79. The Kier molecular flexibility index (Phi) is 2.67. The highest BCUT2D eigenvalue weighted by Crippen LogP contribution is 2.27. The molecule has 0 bridgehead atoms. The van der Waals surface area contributed by atoms with Crippen molar-refractivity contribution in [2.24, 2.45) is 0 Å². The summed E-state index contributed by atoms with van der Waals surface area (Å²) in [5.74, 6) is 0. The maximum absolute atomic E-state index is 4.40. The van der Waals surface area contributed by atoms with E-state index in [4.69, 9.17) is 0 Å². The number of aromatic nitrogens is 2. The lowest BCUT2D eigenvalue weighted by atomic mass is 10.1. The summed E-state index contributed by atoms with van der Waals surface area (Å²) in [6, 6.07) is 2.78. The molecule has 1 aliphatic rings. The second-order valence-corrected chi connectivity index (χ2v) is 4.06. The van der Waals surface area contributed by atoms with Crippen molar-refractivity contribution in [1.82, 2.24) is 9.78 Å². The molecular weight excluding hydrogens is 160 g/mol. The Labute approximate surface area is 80.0 Å². The SMILES string of the molecule is Cc1ccnn1C1CCCCCC1. The zero-order valence-electron chi connectivity index (χ0n) is 8.37. The Morgan fingerprint density at radius 3 is 2.46 bits per heavy atom. The zero-order chi connectivity index (χ0) is 9.10. The molecule has 72 valence electrons. The smallest absolute Gasteiger partial charge is 0.0522 e. The molecule has 13 heavy (non-hydrogen) atoms. The number of hydrogen-bond donors (Lipinski definition) is 0. The van der Waals surface area contributed by atoms with Crippen LogP contribution < -0.4 is 0 Å². The zero-order valence-corrected chi connectivity index (χ0v) is 8.37. The van der Waals surface area contributed by atoms with Gasteiger partial charge in [0.05, 0.1) is 6.04 Å². The van der Waals surface area contributed by atoms with Crippen molar-refractivity contribution in [3.05, 3.63) is 18.0 Å². The average Bonchev–Trinajstić information content (AvgIpc) is 2.43. The summed E-state index contributed by atoms with van der Waals surface area (Å²) in [6.45, 7) is 2.15. The molecule has 0 N–H and O–H groups in total. The van der Waals surface area contributed by atoms with E-state index in [1.165, 1.54) is 44.2 Å². The van der Waals surface area contributed by atoms with Gasteiger partial charge >= 0.3 is 0 Å². The molecule has 0 radical (unpaired) electrons. The van der Waals surface area contributed by atoms with E-state index in [9.17, 15) is 0 Å². The summed E-state index contributed by atoms with van der Waals surface area (Å²) in [6.07, 6.45) is 10.1. The molecule has 0 saturated heterocycles. The first-order chi connectivity index (χ1) is 6.38. The fourth-order valence-corrected chi connectivity index (χ4v) is 2.27. The average molecular weight is 178 g/mol. The van der Waals surface area contributed by atoms with Crippen molar-refractivity contribution >= 4 is 0 Å². The molecule has 1 heterocycles. The highest BCUT2D eigenvalue weighted by molar-refractivity contribution is 4.98. The monoisotopic (exact) mass is 178 g/mol. The number of nitrogens with zero attached hydrogens (tertiary/aromatic N) is 2. The first-order valence-corrected chi connectivity index (χ1v) is 5.38. The highest BCUT2D eigenvalue weighted by atomic mass is 15.3. The van der Waals surface area contributed by atoms with Gasteiger partial charge in [-0.15, -0.1) is 0 Å². The van der Waals surface area contributed by atoms with E-state index in [0.717, 1.165) is 0 Å². The van der Waals surface area contributed by atoms with Gasteiger partial charge in [-0.2, -0.15) is 5.10 Å². The number of rotatable bonds is 1. The summed E-state index contributed by atoms with van der Waals surface area (Å²) in [5, 5.41) is 4.40. The maximum atomic E-state index is 4.40. The van der Waals surface area contributed by atoms with E-state index in [-0.39, 0.29) is 0 Å². The fourth-order valence-electron chi connectivity index (χ4n) is 2.27. The van der Waals surface area contributed by atoms with Gasteiger partial charge in [0.25, 0.3) is 0 Å². The van der Waals surface area contributed by atoms with Gasteiger partial charge in [0.15, 0.2) is 0 Å². The van der Waals surface area contributed by atoms with Crippen molar-refractivity contribution in [2.45, 2.75) is 51.5 Å². The summed E-state index contributed by atoms with van der Waals surface area (Å²) in [5.41, 5.74) is 1.31. The van der Waals surface area contributed by atoms with Crippen LogP contribution in [0.1, 0.15) is 50.3 Å². The van der Waals surface area contributed by atoms with Crippen molar-refractivity contribution in [3.8, 4) is 0 Å². The van der Waals surface area contributed by atoms with Gasteiger partial charge in [0.1, 0.15) is 0 Å². The van der Waals surface area contributed by atoms with Gasteiger partial charge in [0, 0.05) is 11.9 Å². The van der Waals surface area contributed by atoms with Gasteiger partial charge in [-0.1, -0.05) is 25.7 Å². The molecular formula is C11H18N2. The number of hydrogen-bond acceptors (Lipinski definition) is 1. The molecule has 2 rings (SSSR count). The van der Waals surface area contributed by atoms with E-state index in [0.29, 0.717) is 6.04 Å². The Hall–Kier alpha value is -0.790. The summed E-state index contributed by atoms with van der Waals surface area (Å²) < 4.78 is 2.21. The molecule has 2 heteroatoms. The van der Waals surface area contributed by atoms with E-state index in [1.54, 1.807) is 0 Å². The highest BCUT2D eigenvalue weighted by Gasteiger charge is 2.15. The standard InChI is InChI=1S/C11H18N2/c1-10-8-9-12-13(10)11-6-4-2-3-5-7-11/h8-9,11H,2-7H2,1H3. The van der Waals surface area contributed by atoms with Crippen molar-refractivity contribution in [1.29, 1.82) is 0 Å². The Morgan fingerprint density at radius 1 is 1.23 bits per heavy atom. The minimum absolute atomic E-state index is 0.678. The molecule has 0 unspecified atom stereocenters. The number of aryl methyl sites for hydroxylation is 1.